The Morgan fingerprint density at radius 3 is 2.69 bits per heavy atom. The van der Waals surface area contributed by atoms with Crippen molar-refractivity contribution in [3.05, 3.63) is 15.9 Å². The summed E-state index contributed by atoms with van der Waals surface area (Å²) in [5.74, 6) is -0.0185. The van der Waals surface area contributed by atoms with E-state index < -0.39 is 0 Å². The molecule has 1 aromatic rings. The molecule has 1 heterocycles. The Kier molecular flexibility index (Phi) is 4.49. The third-order valence-electron chi connectivity index (χ3n) is 2.48. The minimum absolute atomic E-state index is 0.0185. The van der Waals surface area contributed by atoms with Gasteiger partial charge >= 0.3 is 0 Å². The van der Waals surface area contributed by atoms with Crippen molar-refractivity contribution in [1.29, 1.82) is 0 Å². The highest BCUT2D eigenvalue weighted by molar-refractivity contribution is 9.10. The summed E-state index contributed by atoms with van der Waals surface area (Å²) < 4.78 is 2.80. The molecule has 0 aliphatic heterocycles. The fourth-order valence-electron chi connectivity index (χ4n) is 1.43. The molecule has 0 saturated heterocycles. The monoisotopic (exact) mass is 288 g/mol. The molecule has 0 aromatic carbocycles. The van der Waals surface area contributed by atoms with Gasteiger partial charge < -0.3 is 10.6 Å². The average molecular weight is 289 g/mol. The predicted molar refractivity (Wildman–Crippen MR) is 66.0 cm³/mol. The van der Waals surface area contributed by atoms with Gasteiger partial charge in [0, 0.05) is 20.6 Å². The first kappa shape index (κ1) is 13.2. The lowest BCUT2D eigenvalue weighted by Crippen LogP contribution is -2.40. The van der Waals surface area contributed by atoms with Crippen LogP contribution in [0.2, 0.25) is 0 Å². The van der Waals surface area contributed by atoms with Crippen molar-refractivity contribution in [3.63, 3.8) is 0 Å². The minimum Gasteiger partial charge on any atom is -0.358 e. The van der Waals surface area contributed by atoms with E-state index in [0.29, 0.717) is 6.54 Å². The standard InChI is InChI=1S/C10H17BrN4O/c1-6-9(11)8(15(4)14-6)5-13-7(2)10(16)12-3/h7,13H,5H2,1-4H3,(H,12,16). The van der Waals surface area contributed by atoms with Gasteiger partial charge in [0.1, 0.15) is 0 Å². The predicted octanol–water partition coefficient (Wildman–Crippen LogP) is 0.715. The van der Waals surface area contributed by atoms with Gasteiger partial charge in [0.05, 0.1) is 21.9 Å². The molecule has 1 rings (SSSR count). The van der Waals surface area contributed by atoms with E-state index in [2.05, 4.69) is 31.7 Å². The number of aryl methyl sites for hydroxylation is 2. The highest BCUT2D eigenvalue weighted by atomic mass is 79.9. The molecule has 0 fully saturated rings. The van der Waals surface area contributed by atoms with Crippen LogP contribution >= 0.6 is 15.9 Å². The lowest BCUT2D eigenvalue weighted by molar-refractivity contribution is -0.122. The summed E-state index contributed by atoms with van der Waals surface area (Å²) in [6.07, 6.45) is 0. The average Bonchev–Trinajstić information content (AvgIpc) is 2.49. The summed E-state index contributed by atoms with van der Waals surface area (Å²) in [6, 6.07) is -0.216. The third-order valence-corrected chi connectivity index (χ3v) is 3.51. The summed E-state index contributed by atoms with van der Waals surface area (Å²) >= 11 is 3.48. The van der Waals surface area contributed by atoms with Gasteiger partial charge in [-0.05, 0) is 29.8 Å². The van der Waals surface area contributed by atoms with Crippen LogP contribution < -0.4 is 10.6 Å². The van der Waals surface area contributed by atoms with Gasteiger partial charge in [0.15, 0.2) is 0 Å². The number of rotatable bonds is 4. The van der Waals surface area contributed by atoms with Crippen LogP contribution in [0.3, 0.4) is 0 Å². The first-order chi connectivity index (χ1) is 7.47. The summed E-state index contributed by atoms with van der Waals surface area (Å²) in [4.78, 5) is 11.3. The van der Waals surface area contributed by atoms with Crippen LogP contribution in [0.4, 0.5) is 0 Å². The zero-order valence-electron chi connectivity index (χ0n) is 9.97. The molecule has 90 valence electrons. The van der Waals surface area contributed by atoms with Crippen LogP contribution in [-0.4, -0.2) is 28.8 Å². The number of amides is 1. The number of nitrogens with one attached hydrogen (secondary N) is 2. The highest BCUT2D eigenvalue weighted by Crippen LogP contribution is 2.19. The van der Waals surface area contributed by atoms with E-state index in [1.807, 2.05) is 25.6 Å². The van der Waals surface area contributed by atoms with Crippen molar-refractivity contribution in [1.82, 2.24) is 20.4 Å². The van der Waals surface area contributed by atoms with Crippen LogP contribution in [0.5, 0.6) is 0 Å². The van der Waals surface area contributed by atoms with E-state index in [1.54, 1.807) is 7.05 Å². The van der Waals surface area contributed by atoms with Crippen LogP contribution in [0.25, 0.3) is 0 Å². The van der Waals surface area contributed by atoms with Crippen LogP contribution in [0.15, 0.2) is 4.47 Å². The zero-order valence-corrected chi connectivity index (χ0v) is 11.6. The second-order valence-corrected chi connectivity index (χ2v) is 4.48. The number of hydrogen-bond donors (Lipinski definition) is 2. The van der Waals surface area contributed by atoms with Gasteiger partial charge in [-0.3, -0.25) is 9.48 Å². The second kappa shape index (κ2) is 5.45. The van der Waals surface area contributed by atoms with E-state index in [0.717, 1.165) is 15.9 Å². The molecule has 1 unspecified atom stereocenters. The fourth-order valence-corrected chi connectivity index (χ4v) is 1.91. The number of nitrogens with zero attached hydrogens (tertiary/aromatic N) is 2. The first-order valence-corrected chi connectivity index (χ1v) is 5.89. The molecule has 0 spiro atoms. The molecule has 0 radical (unpaired) electrons. The molecule has 0 saturated carbocycles. The Morgan fingerprint density at radius 2 is 2.25 bits per heavy atom. The maximum Gasteiger partial charge on any atom is 0.236 e. The van der Waals surface area contributed by atoms with Crippen molar-refractivity contribution < 1.29 is 4.79 Å². The molecule has 5 nitrogen and oxygen atoms in total. The van der Waals surface area contributed by atoms with Gasteiger partial charge in [-0.2, -0.15) is 5.10 Å². The molecule has 1 amide bonds. The Morgan fingerprint density at radius 1 is 1.62 bits per heavy atom. The molecule has 0 aliphatic rings. The first-order valence-electron chi connectivity index (χ1n) is 5.10. The van der Waals surface area contributed by atoms with Gasteiger partial charge in [0.2, 0.25) is 5.91 Å². The zero-order chi connectivity index (χ0) is 12.3. The Labute approximate surface area is 104 Å². The van der Waals surface area contributed by atoms with Gasteiger partial charge in [-0.1, -0.05) is 0 Å². The number of likely N-dealkylation sites (N-methyl/N-ethyl adjacent to an activating group) is 1. The van der Waals surface area contributed by atoms with E-state index in [9.17, 15) is 4.79 Å². The van der Waals surface area contributed by atoms with Crippen molar-refractivity contribution in [2.45, 2.75) is 26.4 Å². The normalized spacial score (nSPS) is 12.6. The van der Waals surface area contributed by atoms with Crippen molar-refractivity contribution >= 4 is 21.8 Å². The van der Waals surface area contributed by atoms with E-state index >= 15 is 0 Å². The van der Waals surface area contributed by atoms with Crippen molar-refractivity contribution in [3.8, 4) is 0 Å². The molecule has 0 bridgehead atoms. The molecule has 2 N–H and O–H groups in total. The Balaban J connectivity index is 2.64. The quantitative estimate of drug-likeness (QED) is 0.858. The van der Waals surface area contributed by atoms with Crippen LogP contribution in [0.1, 0.15) is 18.3 Å². The van der Waals surface area contributed by atoms with E-state index in [4.69, 9.17) is 0 Å². The SMILES string of the molecule is CNC(=O)C(C)NCc1c(Br)c(C)nn1C. The number of carbonyl (C=O) groups is 1. The van der Waals surface area contributed by atoms with Gasteiger partial charge in [0.25, 0.3) is 0 Å². The van der Waals surface area contributed by atoms with Crippen LogP contribution in [-0.2, 0) is 18.4 Å². The molecule has 0 aliphatic carbocycles. The lowest BCUT2D eigenvalue weighted by Gasteiger charge is -2.12. The number of hydrogen-bond acceptors (Lipinski definition) is 3. The van der Waals surface area contributed by atoms with Crippen molar-refractivity contribution in [2.75, 3.05) is 7.05 Å². The molecule has 16 heavy (non-hydrogen) atoms. The largest absolute Gasteiger partial charge is 0.358 e. The number of aromatic nitrogens is 2. The molecular weight excluding hydrogens is 272 g/mol. The summed E-state index contributed by atoms with van der Waals surface area (Å²) in [7, 11) is 3.52. The number of carbonyl (C=O) groups excluding carboxylic acids is 1. The Hall–Kier alpha value is -0.880. The third kappa shape index (κ3) is 2.82. The maximum absolute atomic E-state index is 11.3. The molecule has 6 heteroatoms. The topological polar surface area (TPSA) is 59.0 Å². The Bertz CT molecular complexity index is 388. The van der Waals surface area contributed by atoms with Crippen LogP contribution in [0, 0.1) is 6.92 Å². The molecular formula is C10H17BrN4O. The maximum atomic E-state index is 11.3. The smallest absolute Gasteiger partial charge is 0.236 e. The number of halogens is 1. The van der Waals surface area contributed by atoms with Crippen molar-refractivity contribution in [2.24, 2.45) is 7.05 Å². The second-order valence-electron chi connectivity index (χ2n) is 3.69. The van der Waals surface area contributed by atoms with Gasteiger partial charge in [-0.15, -0.1) is 0 Å². The van der Waals surface area contributed by atoms with E-state index in [-0.39, 0.29) is 11.9 Å². The summed E-state index contributed by atoms with van der Waals surface area (Å²) in [6.45, 7) is 4.37. The van der Waals surface area contributed by atoms with E-state index in [1.165, 1.54) is 0 Å². The fraction of sp³-hybridized carbons (Fsp3) is 0.600. The van der Waals surface area contributed by atoms with Gasteiger partial charge in [-0.25, -0.2) is 0 Å². The summed E-state index contributed by atoms with van der Waals surface area (Å²) in [5, 5.41) is 10.0. The molecule has 1 aromatic heterocycles. The lowest BCUT2D eigenvalue weighted by atomic mass is 10.3. The minimum atomic E-state index is -0.216. The highest BCUT2D eigenvalue weighted by Gasteiger charge is 2.14. The summed E-state index contributed by atoms with van der Waals surface area (Å²) in [5.41, 5.74) is 1.99. The molecule has 1 atom stereocenters.